The molecule has 2 aromatic rings. The lowest BCUT2D eigenvalue weighted by atomic mass is 9.86. The summed E-state index contributed by atoms with van der Waals surface area (Å²) in [6.07, 6.45) is -2.38. The molecule has 10 heteroatoms. The molecule has 0 saturated carbocycles. The summed E-state index contributed by atoms with van der Waals surface area (Å²) in [6.45, 7) is 5.17. The molecule has 2 saturated heterocycles. The number of esters is 1. The minimum atomic E-state index is -4.36. The number of likely N-dealkylation sites (tertiary alicyclic amines) is 1. The number of hydrogen-bond acceptors (Lipinski definition) is 7. The molecule has 0 spiro atoms. The lowest BCUT2D eigenvalue weighted by Gasteiger charge is -2.47. The highest BCUT2D eigenvalue weighted by Crippen LogP contribution is 2.33. The molecule has 0 radical (unpaired) electrons. The van der Waals surface area contributed by atoms with Gasteiger partial charge in [0.2, 0.25) is 0 Å². The molecule has 2 aromatic carbocycles. The molecule has 0 bridgehead atoms. The molecule has 38 heavy (non-hydrogen) atoms. The summed E-state index contributed by atoms with van der Waals surface area (Å²) in [5, 5.41) is 10.2. The van der Waals surface area contributed by atoms with Gasteiger partial charge in [-0.3, -0.25) is 14.6 Å². The molecule has 4 rings (SSSR count). The SMILES string of the molecule is COC(=O)CC[C@H]1CN(Cc2ccc(OC)c(O)c2)CC[C@H]1N1CCN(c2cccc(C(F)(F)F)c2)CC1. The van der Waals surface area contributed by atoms with E-state index >= 15 is 0 Å². The Morgan fingerprint density at radius 1 is 1.05 bits per heavy atom. The van der Waals surface area contributed by atoms with Gasteiger partial charge in [0.15, 0.2) is 11.5 Å². The predicted molar refractivity (Wildman–Crippen MR) is 138 cm³/mol. The summed E-state index contributed by atoms with van der Waals surface area (Å²) in [7, 11) is 2.92. The highest BCUT2D eigenvalue weighted by molar-refractivity contribution is 5.69. The van der Waals surface area contributed by atoms with Crippen molar-refractivity contribution in [3.05, 3.63) is 53.6 Å². The number of ether oxygens (including phenoxy) is 2. The lowest BCUT2D eigenvalue weighted by molar-refractivity contribution is -0.141. The van der Waals surface area contributed by atoms with Crippen molar-refractivity contribution in [2.24, 2.45) is 5.92 Å². The van der Waals surface area contributed by atoms with Crippen LogP contribution in [0.5, 0.6) is 11.5 Å². The molecule has 2 aliphatic rings. The zero-order valence-electron chi connectivity index (χ0n) is 21.9. The van der Waals surface area contributed by atoms with E-state index in [2.05, 4.69) is 9.80 Å². The molecule has 0 aliphatic carbocycles. The Bertz CT molecular complexity index is 1090. The average molecular weight is 536 g/mol. The van der Waals surface area contributed by atoms with E-state index in [4.69, 9.17) is 9.47 Å². The van der Waals surface area contributed by atoms with E-state index in [1.54, 1.807) is 18.2 Å². The molecule has 0 unspecified atom stereocenters. The third-order valence-electron chi connectivity index (χ3n) is 7.70. The first kappa shape index (κ1) is 28.0. The normalized spacial score (nSPS) is 21.3. The number of carbonyl (C=O) groups excluding carboxylic acids is 1. The first-order valence-corrected chi connectivity index (χ1v) is 13.0. The fourth-order valence-corrected chi connectivity index (χ4v) is 5.69. The fourth-order valence-electron chi connectivity index (χ4n) is 5.69. The lowest BCUT2D eigenvalue weighted by Crippen LogP contribution is -2.56. The smallest absolute Gasteiger partial charge is 0.416 e. The summed E-state index contributed by atoms with van der Waals surface area (Å²) >= 11 is 0. The maximum atomic E-state index is 13.2. The monoisotopic (exact) mass is 535 g/mol. The second-order valence-corrected chi connectivity index (χ2v) is 10.0. The van der Waals surface area contributed by atoms with Gasteiger partial charge in [-0.25, -0.2) is 0 Å². The second-order valence-electron chi connectivity index (χ2n) is 10.0. The van der Waals surface area contributed by atoms with Crippen molar-refractivity contribution in [2.75, 3.05) is 58.4 Å². The molecule has 2 aliphatic heterocycles. The van der Waals surface area contributed by atoms with Crippen LogP contribution in [0.2, 0.25) is 0 Å². The summed E-state index contributed by atoms with van der Waals surface area (Å²) in [5.74, 6) is 0.568. The first-order valence-electron chi connectivity index (χ1n) is 13.0. The van der Waals surface area contributed by atoms with E-state index < -0.39 is 11.7 Å². The van der Waals surface area contributed by atoms with Gasteiger partial charge in [0.1, 0.15) is 0 Å². The highest BCUT2D eigenvalue weighted by Gasteiger charge is 2.36. The summed E-state index contributed by atoms with van der Waals surface area (Å²) in [5.41, 5.74) is 0.959. The second kappa shape index (κ2) is 12.3. The van der Waals surface area contributed by atoms with Crippen LogP contribution >= 0.6 is 0 Å². The Morgan fingerprint density at radius 3 is 2.47 bits per heavy atom. The van der Waals surface area contributed by atoms with Crippen LogP contribution in [0.3, 0.4) is 0 Å². The number of piperazine rings is 1. The van der Waals surface area contributed by atoms with Crippen molar-refractivity contribution in [2.45, 2.75) is 38.0 Å². The topological polar surface area (TPSA) is 65.5 Å². The van der Waals surface area contributed by atoms with Crippen LogP contribution in [0.25, 0.3) is 0 Å². The van der Waals surface area contributed by atoms with Crippen LogP contribution in [0, 0.1) is 5.92 Å². The van der Waals surface area contributed by atoms with E-state index in [0.717, 1.165) is 44.2 Å². The molecular formula is C28H36F3N3O4. The van der Waals surface area contributed by atoms with Gasteiger partial charge in [0.05, 0.1) is 19.8 Å². The van der Waals surface area contributed by atoms with Crippen molar-refractivity contribution in [1.29, 1.82) is 0 Å². The van der Waals surface area contributed by atoms with Gasteiger partial charge < -0.3 is 19.5 Å². The molecule has 2 heterocycles. The van der Waals surface area contributed by atoms with E-state index in [1.807, 2.05) is 11.0 Å². The Kier molecular flexibility index (Phi) is 9.04. The van der Waals surface area contributed by atoms with Crippen molar-refractivity contribution in [3.8, 4) is 11.5 Å². The number of methoxy groups -OCH3 is 2. The standard InChI is InChI=1S/C28H36F3N3O4/c1-37-26-8-6-20(16-25(26)35)18-32-11-10-24(21(19-32)7-9-27(36)38-2)34-14-12-33(13-15-34)23-5-3-4-22(17-23)28(29,30)31/h3-6,8,16-17,21,24,35H,7,9-15,18-19H2,1-2H3/t21-,24+/m0/s1. The predicted octanol–water partition coefficient (Wildman–Crippen LogP) is 4.39. The largest absolute Gasteiger partial charge is 0.504 e. The zero-order chi connectivity index (χ0) is 27.3. The number of nitrogens with zero attached hydrogens (tertiary/aromatic N) is 3. The van der Waals surface area contributed by atoms with Crippen LogP contribution in [-0.4, -0.2) is 80.4 Å². The van der Waals surface area contributed by atoms with Gasteiger partial charge in [0, 0.05) is 57.4 Å². The van der Waals surface area contributed by atoms with Gasteiger partial charge in [-0.2, -0.15) is 13.2 Å². The minimum absolute atomic E-state index is 0.112. The van der Waals surface area contributed by atoms with E-state index in [-0.39, 0.29) is 23.7 Å². The Hall–Kier alpha value is -2.98. The fraction of sp³-hybridized carbons (Fsp3) is 0.536. The van der Waals surface area contributed by atoms with Crippen molar-refractivity contribution in [3.63, 3.8) is 0 Å². The quantitative estimate of drug-likeness (QED) is 0.503. The van der Waals surface area contributed by atoms with Gasteiger partial charge in [-0.05, 0) is 61.2 Å². The number of piperidine rings is 1. The van der Waals surface area contributed by atoms with Crippen LogP contribution < -0.4 is 9.64 Å². The number of alkyl halides is 3. The minimum Gasteiger partial charge on any atom is -0.504 e. The molecule has 1 N–H and O–H groups in total. The molecule has 208 valence electrons. The highest BCUT2D eigenvalue weighted by atomic mass is 19.4. The number of hydrogen-bond donors (Lipinski definition) is 1. The number of phenols is 1. The third-order valence-corrected chi connectivity index (χ3v) is 7.70. The van der Waals surface area contributed by atoms with E-state index in [1.165, 1.54) is 26.4 Å². The third kappa shape index (κ3) is 6.91. The first-order chi connectivity index (χ1) is 18.2. The van der Waals surface area contributed by atoms with Crippen LogP contribution in [0.15, 0.2) is 42.5 Å². The van der Waals surface area contributed by atoms with Gasteiger partial charge in [0.25, 0.3) is 0 Å². The molecule has 7 nitrogen and oxygen atoms in total. The number of phenolic OH excluding ortho intramolecular Hbond substituents is 1. The molecular weight excluding hydrogens is 499 g/mol. The molecule has 2 atom stereocenters. The molecule has 0 amide bonds. The molecule has 0 aromatic heterocycles. The summed E-state index contributed by atoms with van der Waals surface area (Å²) in [6, 6.07) is 11.2. The van der Waals surface area contributed by atoms with Crippen LogP contribution in [0.1, 0.15) is 30.4 Å². The Morgan fingerprint density at radius 2 is 1.82 bits per heavy atom. The van der Waals surface area contributed by atoms with E-state index in [9.17, 15) is 23.1 Å². The number of anilines is 1. The van der Waals surface area contributed by atoms with Crippen molar-refractivity contribution < 1.29 is 32.5 Å². The Balaban J connectivity index is 1.40. The number of rotatable bonds is 8. The van der Waals surface area contributed by atoms with Gasteiger partial charge in [-0.15, -0.1) is 0 Å². The van der Waals surface area contributed by atoms with Gasteiger partial charge in [-0.1, -0.05) is 12.1 Å². The van der Waals surface area contributed by atoms with E-state index in [0.29, 0.717) is 43.9 Å². The number of benzene rings is 2. The average Bonchev–Trinajstić information content (AvgIpc) is 2.91. The van der Waals surface area contributed by atoms with Crippen LogP contribution in [-0.2, 0) is 22.3 Å². The Labute approximate surface area is 221 Å². The van der Waals surface area contributed by atoms with Crippen LogP contribution in [0.4, 0.5) is 18.9 Å². The summed E-state index contributed by atoms with van der Waals surface area (Å²) in [4.78, 5) is 18.7. The number of carbonyl (C=O) groups is 1. The van der Waals surface area contributed by atoms with Gasteiger partial charge >= 0.3 is 12.1 Å². The number of halogens is 3. The maximum absolute atomic E-state index is 13.2. The molecule has 2 fully saturated rings. The van der Waals surface area contributed by atoms with Crippen molar-refractivity contribution in [1.82, 2.24) is 9.80 Å². The number of aromatic hydroxyl groups is 1. The van der Waals surface area contributed by atoms with Crippen molar-refractivity contribution >= 4 is 11.7 Å². The zero-order valence-corrected chi connectivity index (χ0v) is 21.9. The summed E-state index contributed by atoms with van der Waals surface area (Å²) < 4.78 is 49.6. The maximum Gasteiger partial charge on any atom is 0.416 e.